The van der Waals surface area contributed by atoms with Crippen molar-refractivity contribution in [1.82, 2.24) is 5.32 Å². The van der Waals surface area contributed by atoms with E-state index in [0.29, 0.717) is 23.4 Å². The maximum Gasteiger partial charge on any atom is 0.336 e. The van der Waals surface area contributed by atoms with Crippen molar-refractivity contribution in [2.24, 2.45) is 0 Å². The zero-order valence-electron chi connectivity index (χ0n) is 19.7. The first kappa shape index (κ1) is 27.1. The van der Waals surface area contributed by atoms with Crippen LogP contribution >= 0.6 is 0 Å². The summed E-state index contributed by atoms with van der Waals surface area (Å²) in [4.78, 5) is 36.9. The second kappa shape index (κ2) is 11.8. The molecule has 2 aromatic rings. The lowest BCUT2D eigenvalue weighted by atomic mass is 9.80. The van der Waals surface area contributed by atoms with Crippen LogP contribution in [0.15, 0.2) is 71.1 Å². The number of nitrogens with zero attached hydrogens (tertiary/aromatic N) is 1. The summed E-state index contributed by atoms with van der Waals surface area (Å²) in [6, 6.07) is 12.4. The molecule has 1 aliphatic heterocycles. The Kier molecular flexibility index (Phi) is 9.12. The number of carbonyl (C=O) groups excluding carboxylic acids is 2. The van der Waals surface area contributed by atoms with Gasteiger partial charge in [-0.2, -0.15) is 0 Å². The third-order valence-corrected chi connectivity index (χ3v) is 5.45. The predicted octanol–water partition coefficient (Wildman–Crippen LogP) is 3.06. The van der Waals surface area contributed by atoms with E-state index in [1.54, 1.807) is 51.1 Å². The Bertz CT molecular complexity index is 1170. The molecule has 0 aromatic heterocycles. The number of dihydropyridines is 1. The molecule has 186 valence electrons. The summed E-state index contributed by atoms with van der Waals surface area (Å²) in [7, 11) is 0. The number of hydrogen-bond acceptors (Lipinski definition) is 8. The molecule has 0 aliphatic carbocycles. The molecule has 0 fully saturated rings. The molecule has 1 atom stereocenters. The minimum absolute atomic E-state index is 0. The van der Waals surface area contributed by atoms with Crippen LogP contribution in [0.2, 0.25) is 0 Å². The highest BCUT2D eigenvalue weighted by Gasteiger charge is 2.38. The van der Waals surface area contributed by atoms with Crippen LogP contribution in [0.1, 0.15) is 37.8 Å². The molecule has 10 heteroatoms. The Hall–Kier alpha value is -4.18. The number of aromatic hydroxyl groups is 1. The quantitative estimate of drug-likeness (QED) is 0.328. The number of nitro groups is 1. The fourth-order valence-corrected chi connectivity index (χ4v) is 3.90. The molecular formula is C25H28N2O8. The standard InChI is InChI=1S/C25H26N2O7.H2O/c1-4-33-24(29)21-15(2)26-16(3)22(23(21)18-6-5-7-19(14-18)27(31)32)25(30)34-13-12-17-8-10-20(28)11-9-17;/h5-11,14,23,26,28H,4,12-13H2,1-3H3;1H2. The van der Waals surface area contributed by atoms with Crippen molar-refractivity contribution in [3.8, 4) is 5.75 Å². The lowest BCUT2D eigenvalue weighted by molar-refractivity contribution is -0.384. The Balaban J connectivity index is 0.00000432. The minimum Gasteiger partial charge on any atom is -0.508 e. The number of esters is 2. The van der Waals surface area contributed by atoms with Gasteiger partial charge in [0.05, 0.1) is 35.2 Å². The second-order valence-electron chi connectivity index (χ2n) is 7.76. The van der Waals surface area contributed by atoms with Crippen LogP contribution in [0, 0.1) is 10.1 Å². The van der Waals surface area contributed by atoms with Crippen LogP contribution in [0.25, 0.3) is 0 Å². The van der Waals surface area contributed by atoms with Crippen LogP contribution in [0.5, 0.6) is 5.75 Å². The van der Waals surface area contributed by atoms with Crippen molar-refractivity contribution in [1.29, 1.82) is 0 Å². The first-order valence-corrected chi connectivity index (χ1v) is 10.8. The summed E-state index contributed by atoms with van der Waals surface area (Å²) in [5.74, 6) is -2.02. The number of allylic oxidation sites excluding steroid dienone is 2. The Labute approximate surface area is 202 Å². The second-order valence-corrected chi connectivity index (χ2v) is 7.76. The number of phenols is 1. The van der Waals surface area contributed by atoms with Gasteiger partial charge in [-0.25, -0.2) is 9.59 Å². The molecule has 0 bridgehead atoms. The molecular weight excluding hydrogens is 456 g/mol. The molecule has 10 nitrogen and oxygen atoms in total. The topological polar surface area (TPSA) is 160 Å². The number of benzene rings is 2. The van der Waals surface area contributed by atoms with E-state index in [0.717, 1.165) is 5.56 Å². The van der Waals surface area contributed by atoms with Crippen molar-refractivity contribution in [3.05, 3.63) is 92.3 Å². The number of nitrogens with one attached hydrogen (secondary N) is 1. The Morgan fingerprint density at radius 3 is 2.20 bits per heavy atom. The monoisotopic (exact) mass is 484 g/mol. The van der Waals surface area contributed by atoms with Gasteiger partial charge in [0.25, 0.3) is 5.69 Å². The third-order valence-electron chi connectivity index (χ3n) is 5.45. The predicted molar refractivity (Wildman–Crippen MR) is 127 cm³/mol. The van der Waals surface area contributed by atoms with E-state index < -0.39 is 22.8 Å². The van der Waals surface area contributed by atoms with Crippen LogP contribution in [0.4, 0.5) is 5.69 Å². The molecule has 4 N–H and O–H groups in total. The Morgan fingerprint density at radius 1 is 1.03 bits per heavy atom. The van der Waals surface area contributed by atoms with Gasteiger partial charge >= 0.3 is 11.9 Å². The molecule has 2 aromatic carbocycles. The number of hydrogen-bond donors (Lipinski definition) is 2. The summed E-state index contributed by atoms with van der Waals surface area (Å²) in [5, 5.41) is 23.8. The smallest absolute Gasteiger partial charge is 0.336 e. The first-order chi connectivity index (χ1) is 16.2. The average molecular weight is 485 g/mol. The zero-order valence-corrected chi connectivity index (χ0v) is 19.7. The number of non-ortho nitro benzene ring substituents is 1. The fourth-order valence-electron chi connectivity index (χ4n) is 3.90. The van der Waals surface area contributed by atoms with E-state index in [2.05, 4.69) is 5.32 Å². The van der Waals surface area contributed by atoms with Gasteiger partial charge in [0.1, 0.15) is 5.75 Å². The van der Waals surface area contributed by atoms with Crippen LogP contribution in [-0.4, -0.2) is 40.7 Å². The van der Waals surface area contributed by atoms with E-state index in [1.165, 1.54) is 18.2 Å². The molecule has 1 aliphatic rings. The van der Waals surface area contributed by atoms with E-state index >= 15 is 0 Å². The van der Waals surface area contributed by atoms with Crippen molar-refractivity contribution < 1.29 is 34.6 Å². The van der Waals surface area contributed by atoms with E-state index in [9.17, 15) is 24.8 Å². The number of rotatable bonds is 8. The van der Waals surface area contributed by atoms with Gasteiger partial charge in [-0.1, -0.05) is 24.3 Å². The largest absolute Gasteiger partial charge is 0.508 e. The van der Waals surface area contributed by atoms with Gasteiger partial charge in [-0.15, -0.1) is 0 Å². The van der Waals surface area contributed by atoms with Crippen molar-refractivity contribution in [2.45, 2.75) is 33.1 Å². The number of nitro benzene ring substituents is 1. The molecule has 0 saturated heterocycles. The summed E-state index contributed by atoms with van der Waals surface area (Å²) in [6.45, 7) is 5.25. The van der Waals surface area contributed by atoms with Crippen LogP contribution in [-0.2, 0) is 25.5 Å². The highest BCUT2D eigenvalue weighted by atomic mass is 16.6. The number of carbonyl (C=O) groups is 2. The summed E-state index contributed by atoms with van der Waals surface area (Å²) >= 11 is 0. The minimum atomic E-state index is -0.902. The van der Waals surface area contributed by atoms with Crippen molar-refractivity contribution in [3.63, 3.8) is 0 Å². The molecule has 3 rings (SSSR count). The van der Waals surface area contributed by atoms with Gasteiger partial charge < -0.3 is 25.4 Å². The fraction of sp³-hybridized carbons (Fsp3) is 0.280. The highest BCUT2D eigenvalue weighted by molar-refractivity contribution is 6.00. The van der Waals surface area contributed by atoms with Gasteiger partial charge in [0.15, 0.2) is 0 Å². The van der Waals surface area contributed by atoms with Crippen molar-refractivity contribution in [2.75, 3.05) is 13.2 Å². The highest BCUT2D eigenvalue weighted by Crippen LogP contribution is 2.40. The van der Waals surface area contributed by atoms with Crippen LogP contribution in [0.3, 0.4) is 0 Å². The number of ether oxygens (including phenoxy) is 2. The van der Waals surface area contributed by atoms with E-state index in [4.69, 9.17) is 9.47 Å². The lowest BCUT2D eigenvalue weighted by Gasteiger charge is -2.30. The van der Waals surface area contributed by atoms with Gasteiger partial charge in [-0.3, -0.25) is 10.1 Å². The van der Waals surface area contributed by atoms with Crippen LogP contribution < -0.4 is 5.32 Å². The molecule has 0 amide bonds. The Morgan fingerprint density at radius 2 is 1.63 bits per heavy atom. The molecule has 35 heavy (non-hydrogen) atoms. The van der Waals surface area contributed by atoms with Gasteiger partial charge in [0.2, 0.25) is 0 Å². The molecule has 0 radical (unpaired) electrons. The normalized spacial score (nSPS) is 15.1. The van der Waals surface area contributed by atoms with Gasteiger partial charge in [0, 0.05) is 29.9 Å². The summed E-state index contributed by atoms with van der Waals surface area (Å²) < 4.78 is 10.8. The first-order valence-electron chi connectivity index (χ1n) is 10.8. The lowest BCUT2D eigenvalue weighted by Crippen LogP contribution is -2.32. The molecule has 1 heterocycles. The van der Waals surface area contributed by atoms with E-state index in [-0.39, 0.29) is 41.3 Å². The maximum atomic E-state index is 13.2. The SMILES string of the molecule is CCOC(=O)C1=C(C)NC(C)=C(C(=O)OCCc2ccc(O)cc2)C1c1cccc([N+](=O)[O-])c1.O. The van der Waals surface area contributed by atoms with Gasteiger partial charge in [-0.05, 0) is 44.0 Å². The zero-order chi connectivity index (χ0) is 24.8. The summed E-state index contributed by atoms with van der Waals surface area (Å²) in [6.07, 6.45) is 0.423. The molecule has 1 unspecified atom stereocenters. The van der Waals surface area contributed by atoms with E-state index in [1.807, 2.05) is 0 Å². The third kappa shape index (κ3) is 6.24. The summed E-state index contributed by atoms with van der Waals surface area (Å²) in [5.41, 5.74) is 2.47. The number of phenolic OH excluding ortho intramolecular Hbond substituents is 1. The average Bonchev–Trinajstić information content (AvgIpc) is 2.80. The molecule has 0 saturated carbocycles. The molecule has 0 spiro atoms. The van der Waals surface area contributed by atoms with Crippen molar-refractivity contribution >= 4 is 17.6 Å². The maximum absolute atomic E-state index is 13.2.